The van der Waals surface area contributed by atoms with Gasteiger partial charge in [-0.2, -0.15) is 5.21 Å². The number of benzene rings is 1. The van der Waals surface area contributed by atoms with Gasteiger partial charge in [0.05, 0.1) is 5.69 Å². The molecule has 21 heavy (non-hydrogen) atoms. The average Bonchev–Trinajstić information content (AvgIpc) is 2.99. The third kappa shape index (κ3) is 2.00. The van der Waals surface area contributed by atoms with Crippen LogP contribution in [0.25, 0.3) is 0 Å². The van der Waals surface area contributed by atoms with E-state index in [1.807, 2.05) is 0 Å². The highest BCUT2D eigenvalue weighted by Gasteiger charge is 2.44. The first-order valence-electron chi connectivity index (χ1n) is 5.89. The van der Waals surface area contributed by atoms with Crippen LogP contribution >= 0.6 is 11.6 Å². The van der Waals surface area contributed by atoms with Gasteiger partial charge in [-0.1, -0.05) is 11.6 Å². The first kappa shape index (κ1) is 13.4. The Bertz CT molecular complexity index is 758. The summed E-state index contributed by atoms with van der Waals surface area (Å²) in [5, 5.41) is 12.7. The molecular weight excluding hydrogens is 298 g/mol. The number of H-pyrrole nitrogens is 1. The van der Waals surface area contributed by atoms with Crippen molar-refractivity contribution in [3.63, 3.8) is 0 Å². The molecule has 2 heterocycles. The fourth-order valence-electron chi connectivity index (χ4n) is 2.20. The van der Waals surface area contributed by atoms with Crippen LogP contribution in [0.15, 0.2) is 18.2 Å². The van der Waals surface area contributed by atoms with Crippen LogP contribution in [0.4, 0.5) is 5.69 Å². The molecule has 1 N–H and O–H groups in total. The maximum atomic E-state index is 12.4. The summed E-state index contributed by atoms with van der Waals surface area (Å²) in [6.07, 6.45) is 0. The van der Waals surface area contributed by atoms with Gasteiger partial charge in [0.15, 0.2) is 11.7 Å². The number of aromatic nitrogens is 4. The quantitative estimate of drug-likeness (QED) is 0.639. The Morgan fingerprint density at radius 1 is 1.38 bits per heavy atom. The lowest BCUT2D eigenvalue weighted by molar-refractivity contribution is -0.119. The van der Waals surface area contributed by atoms with E-state index in [2.05, 4.69) is 20.6 Å². The van der Waals surface area contributed by atoms with Crippen LogP contribution in [-0.4, -0.2) is 45.1 Å². The second-order valence-corrected chi connectivity index (χ2v) is 4.89. The van der Waals surface area contributed by atoms with Crippen LogP contribution in [0.3, 0.4) is 0 Å². The van der Waals surface area contributed by atoms with Crippen molar-refractivity contribution in [1.82, 2.24) is 20.6 Å². The van der Waals surface area contributed by atoms with Gasteiger partial charge in [-0.05, 0) is 23.4 Å². The van der Waals surface area contributed by atoms with Crippen LogP contribution in [0, 0.1) is 5.92 Å². The average molecular weight is 306 g/mol. The number of Topliss-reactive ketones (excluding diaryl/α,β-unsaturated/α-hetero) is 2. The Balaban J connectivity index is 2.10. The molecule has 1 aromatic heterocycles. The summed E-state index contributed by atoms with van der Waals surface area (Å²) >= 11 is 5.87. The number of amides is 1. The highest BCUT2D eigenvalue weighted by molar-refractivity contribution is 6.35. The van der Waals surface area contributed by atoms with Crippen molar-refractivity contribution < 1.29 is 14.4 Å². The molecule has 9 heteroatoms. The summed E-state index contributed by atoms with van der Waals surface area (Å²) in [6, 6.07) is 4.56. The molecule has 1 unspecified atom stereocenters. The lowest BCUT2D eigenvalue weighted by atomic mass is 9.87. The van der Waals surface area contributed by atoms with Gasteiger partial charge >= 0.3 is 0 Å². The Labute approximate surface area is 123 Å². The van der Waals surface area contributed by atoms with Crippen molar-refractivity contribution in [1.29, 1.82) is 0 Å². The van der Waals surface area contributed by atoms with Gasteiger partial charge < -0.3 is 4.90 Å². The van der Waals surface area contributed by atoms with Gasteiger partial charge in [0.2, 0.25) is 17.5 Å². The topological polar surface area (TPSA) is 109 Å². The Kier molecular flexibility index (Phi) is 3.02. The minimum Gasteiger partial charge on any atom is -0.314 e. The van der Waals surface area contributed by atoms with Crippen LogP contribution in [-0.2, 0) is 4.79 Å². The fraction of sp³-hybridized carbons (Fsp3) is 0.167. The minimum atomic E-state index is -1.52. The zero-order valence-electron chi connectivity index (χ0n) is 10.7. The van der Waals surface area contributed by atoms with E-state index in [1.54, 1.807) is 12.1 Å². The Hall–Kier alpha value is -2.61. The van der Waals surface area contributed by atoms with Gasteiger partial charge in [0.25, 0.3) is 0 Å². The highest BCUT2D eigenvalue weighted by atomic mass is 35.5. The SMILES string of the molecule is CN1C(=O)C(C(=O)c2nn[nH]n2)C(=O)c2cc(Cl)ccc21. The monoisotopic (exact) mass is 305 g/mol. The molecule has 0 radical (unpaired) electrons. The number of hydrogen-bond donors (Lipinski definition) is 1. The number of rotatable bonds is 2. The number of anilines is 1. The van der Waals surface area contributed by atoms with E-state index in [9.17, 15) is 14.4 Å². The molecule has 2 aromatic rings. The molecule has 1 aromatic carbocycles. The summed E-state index contributed by atoms with van der Waals surface area (Å²) in [5.74, 6) is -3.87. The summed E-state index contributed by atoms with van der Waals surface area (Å²) in [7, 11) is 1.48. The normalized spacial score (nSPS) is 17.8. The fourth-order valence-corrected chi connectivity index (χ4v) is 2.38. The Morgan fingerprint density at radius 2 is 2.14 bits per heavy atom. The van der Waals surface area contributed by atoms with Gasteiger partial charge in [-0.25, -0.2) is 0 Å². The number of ketones is 2. The summed E-state index contributed by atoms with van der Waals surface area (Å²) < 4.78 is 0. The molecule has 0 aliphatic carbocycles. The number of aromatic amines is 1. The van der Waals surface area contributed by atoms with Crippen molar-refractivity contribution in [3.05, 3.63) is 34.6 Å². The van der Waals surface area contributed by atoms with E-state index < -0.39 is 23.4 Å². The van der Waals surface area contributed by atoms with E-state index in [0.717, 1.165) is 0 Å². The molecule has 8 nitrogen and oxygen atoms in total. The van der Waals surface area contributed by atoms with Gasteiger partial charge in [-0.15, -0.1) is 10.2 Å². The van der Waals surface area contributed by atoms with Crippen molar-refractivity contribution >= 4 is 34.8 Å². The van der Waals surface area contributed by atoms with Gasteiger partial charge in [-0.3, -0.25) is 14.4 Å². The Morgan fingerprint density at radius 3 is 2.81 bits per heavy atom. The van der Waals surface area contributed by atoms with Crippen molar-refractivity contribution in [2.75, 3.05) is 11.9 Å². The number of tetrazole rings is 1. The number of carbonyl (C=O) groups excluding carboxylic acids is 3. The van der Waals surface area contributed by atoms with Crippen LogP contribution in [0.5, 0.6) is 0 Å². The lowest BCUT2D eigenvalue weighted by Gasteiger charge is -2.29. The van der Waals surface area contributed by atoms with Gasteiger partial charge in [0.1, 0.15) is 0 Å². The predicted molar refractivity (Wildman–Crippen MR) is 71.2 cm³/mol. The molecule has 0 spiro atoms. The number of fused-ring (bicyclic) bond motifs is 1. The molecule has 0 fully saturated rings. The molecule has 1 aliphatic rings. The largest absolute Gasteiger partial charge is 0.314 e. The first-order valence-corrected chi connectivity index (χ1v) is 6.27. The molecule has 0 saturated carbocycles. The smallest absolute Gasteiger partial charge is 0.245 e. The number of halogens is 1. The maximum absolute atomic E-state index is 12.4. The molecule has 1 amide bonds. The molecule has 106 valence electrons. The van der Waals surface area contributed by atoms with Crippen LogP contribution < -0.4 is 4.90 Å². The number of carbonyl (C=O) groups is 3. The standard InChI is InChI=1S/C12H8ClN5O3/c1-18-7-3-2-5(13)4-6(7)9(19)8(12(18)21)10(20)11-14-16-17-15-11/h2-4,8H,1H3,(H,14,15,16,17). The maximum Gasteiger partial charge on any atom is 0.245 e. The van der Waals surface area contributed by atoms with Crippen molar-refractivity contribution in [3.8, 4) is 0 Å². The summed E-state index contributed by atoms with van der Waals surface area (Å²) in [4.78, 5) is 38.2. The molecule has 3 rings (SSSR count). The van der Waals surface area contributed by atoms with Crippen LogP contribution in [0.2, 0.25) is 5.02 Å². The van der Waals surface area contributed by atoms with E-state index in [4.69, 9.17) is 11.6 Å². The lowest BCUT2D eigenvalue weighted by Crippen LogP contribution is -2.46. The third-order valence-electron chi connectivity index (χ3n) is 3.25. The van der Waals surface area contributed by atoms with Gasteiger partial charge in [0, 0.05) is 17.6 Å². The predicted octanol–water partition coefficient (Wildman–Crippen LogP) is 0.511. The van der Waals surface area contributed by atoms with E-state index >= 15 is 0 Å². The van der Waals surface area contributed by atoms with E-state index in [1.165, 1.54) is 18.0 Å². The summed E-state index contributed by atoms with van der Waals surface area (Å²) in [5.41, 5.74) is 0.623. The number of hydrogen-bond acceptors (Lipinski definition) is 6. The second-order valence-electron chi connectivity index (χ2n) is 4.46. The minimum absolute atomic E-state index is 0.214. The van der Waals surface area contributed by atoms with Crippen molar-refractivity contribution in [2.45, 2.75) is 0 Å². The molecule has 1 atom stereocenters. The van der Waals surface area contributed by atoms with E-state index in [-0.39, 0.29) is 11.4 Å². The molecule has 1 aliphatic heterocycles. The summed E-state index contributed by atoms with van der Waals surface area (Å²) in [6.45, 7) is 0. The van der Waals surface area contributed by atoms with Crippen molar-refractivity contribution in [2.24, 2.45) is 5.92 Å². The molecular formula is C12H8ClN5O3. The second kappa shape index (κ2) is 4.74. The number of nitrogens with zero attached hydrogens (tertiary/aromatic N) is 4. The highest BCUT2D eigenvalue weighted by Crippen LogP contribution is 2.32. The molecule has 0 bridgehead atoms. The number of nitrogens with one attached hydrogen (secondary N) is 1. The zero-order chi connectivity index (χ0) is 15.1. The van der Waals surface area contributed by atoms with Crippen LogP contribution in [0.1, 0.15) is 21.0 Å². The van der Waals surface area contributed by atoms with E-state index in [0.29, 0.717) is 10.7 Å². The molecule has 0 saturated heterocycles. The third-order valence-corrected chi connectivity index (χ3v) is 3.49. The first-order chi connectivity index (χ1) is 10.0. The zero-order valence-corrected chi connectivity index (χ0v) is 11.5.